The number of benzene rings is 2. The first-order valence-corrected chi connectivity index (χ1v) is 11.1. The third kappa shape index (κ3) is 4.84. The van der Waals surface area contributed by atoms with Crippen LogP contribution in [0.5, 0.6) is 5.75 Å². The summed E-state index contributed by atoms with van der Waals surface area (Å²) >= 11 is 3.09. The Kier molecular flexibility index (Phi) is 6.06. The maximum Gasteiger partial charge on any atom is 0.279 e. The average Bonchev–Trinajstić information content (AvgIpc) is 3.44. The molecule has 2 aromatic carbocycles. The highest BCUT2D eigenvalue weighted by atomic mass is 32.1. The number of ether oxygens (including phenoxy) is 1. The second-order valence-electron chi connectivity index (χ2n) is 6.64. The zero-order chi connectivity index (χ0) is 20.9. The Morgan fingerprint density at radius 3 is 2.70 bits per heavy atom. The van der Waals surface area contributed by atoms with Crippen LogP contribution >= 0.6 is 22.7 Å². The van der Waals surface area contributed by atoms with Crippen molar-refractivity contribution in [2.75, 3.05) is 0 Å². The number of amides is 2. The number of hydrogen-bond acceptors (Lipinski definition) is 6. The number of nitrogens with one attached hydrogen (secondary N) is 2. The van der Waals surface area contributed by atoms with Crippen molar-refractivity contribution in [3.8, 4) is 16.3 Å². The van der Waals surface area contributed by atoms with E-state index in [1.54, 1.807) is 18.3 Å². The van der Waals surface area contributed by atoms with Gasteiger partial charge in [-0.15, -0.1) is 11.3 Å². The minimum absolute atomic E-state index is 0.0842. The normalized spacial score (nSPS) is 11.8. The van der Waals surface area contributed by atoms with E-state index in [9.17, 15) is 9.59 Å². The molecule has 0 aliphatic heterocycles. The van der Waals surface area contributed by atoms with Gasteiger partial charge in [0.2, 0.25) is 5.91 Å². The number of hydrogen-bond donors (Lipinski definition) is 2. The van der Waals surface area contributed by atoms with Gasteiger partial charge in [0.15, 0.2) is 6.10 Å². The van der Waals surface area contributed by atoms with Crippen LogP contribution in [0.4, 0.5) is 0 Å². The molecule has 8 heteroatoms. The Morgan fingerprint density at radius 2 is 1.90 bits per heavy atom. The van der Waals surface area contributed by atoms with Crippen molar-refractivity contribution >= 4 is 45.3 Å². The van der Waals surface area contributed by atoms with Crippen LogP contribution in [-0.4, -0.2) is 22.9 Å². The number of carbonyl (C=O) groups excluding carboxylic acids is 2. The van der Waals surface area contributed by atoms with E-state index in [2.05, 4.69) is 15.8 Å². The van der Waals surface area contributed by atoms with E-state index in [0.29, 0.717) is 11.4 Å². The standard InChI is InChI=1S/C22H19N3O3S2/c1-14(28-19-7-6-15-4-2-3-5-16(15)10-19)21(27)25-24-20(26)11-18-13-30-22(23-18)17-8-9-29-12-17/h2-10,12-14H,11H2,1H3,(H,24,26)(H,25,27). The molecule has 4 rings (SSSR count). The van der Waals surface area contributed by atoms with Gasteiger partial charge in [0.05, 0.1) is 12.1 Å². The fourth-order valence-electron chi connectivity index (χ4n) is 2.85. The van der Waals surface area contributed by atoms with Gasteiger partial charge in [0, 0.05) is 16.3 Å². The van der Waals surface area contributed by atoms with Crippen LogP contribution < -0.4 is 15.6 Å². The average molecular weight is 438 g/mol. The van der Waals surface area contributed by atoms with Crippen LogP contribution in [0.3, 0.4) is 0 Å². The summed E-state index contributed by atoms with van der Waals surface area (Å²) in [5, 5.41) is 8.85. The molecule has 2 aromatic heterocycles. The Balaban J connectivity index is 1.27. The number of thiophene rings is 1. The molecule has 0 radical (unpaired) electrons. The molecule has 0 spiro atoms. The summed E-state index contributed by atoms with van der Waals surface area (Å²) in [5.74, 6) is -0.191. The van der Waals surface area contributed by atoms with Gasteiger partial charge in [0.1, 0.15) is 10.8 Å². The lowest BCUT2D eigenvalue weighted by Gasteiger charge is -2.15. The van der Waals surface area contributed by atoms with Crippen LogP contribution in [0.15, 0.2) is 64.7 Å². The van der Waals surface area contributed by atoms with E-state index in [0.717, 1.165) is 21.3 Å². The van der Waals surface area contributed by atoms with Crippen LogP contribution in [0.2, 0.25) is 0 Å². The second kappa shape index (κ2) is 9.06. The highest BCUT2D eigenvalue weighted by Crippen LogP contribution is 2.25. The maximum atomic E-state index is 12.3. The molecule has 4 aromatic rings. The Bertz CT molecular complexity index is 1170. The zero-order valence-electron chi connectivity index (χ0n) is 16.1. The van der Waals surface area contributed by atoms with Crippen molar-refractivity contribution in [1.82, 2.24) is 15.8 Å². The van der Waals surface area contributed by atoms with Gasteiger partial charge in [0.25, 0.3) is 5.91 Å². The van der Waals surface area contributed by atoms with Crippen LogP contribution in [0.25, 0.3) is 21.3 Å². The molecule has 0 saturated carbocycles. The Hall–Kier alpha value is -3.23. The molecule has 152 valence electrons. The van der Waals surface area contributed by atoms with Gasteiger partial charge >= 0.3 is 0 Å². The predicted molar refractivity (Wildman–Crippen MR) is 119 cm³/mol. The van der Waals surface area contributed by atoms with Crippen molar-refractivity contribution in [2.45, 2.75) is 19.4 Å². The fraction of sp³-hybridized carbons (Fsp3) is 0.136. The maximum absolute atomic E-state index is 12.3. The number of nitrogens with zero attached hydrogens (tertiary/aromatic N) is 1. The van der Waals surface area contributed by atoms with Crippen LogP contribution in [-0.2, 0) is 16.0 Å². The highest BCUT2D eigenvalue weighted by molar-refractivity contribution is 7.14. The smallest absolute Gasteiger partial charge is 0.279 e. The summed E-state index contributed by atoms with van der Waals surface area (Å²) < 4.78 is 5.71. The van der Waals surface area contributed by atoms with Gasteiger partial charge in [-0.25, -0.2) is 4.98 Å². The van der Waals surface area contributed by atoms with Gasteiger partial charge < -0.3 is 4.74 Å². The molecule has 2 amide bonds. The molecule has 0 aliphatic rings. The SMILES string of the molecule is CC(Oc1ccc2ccccc2c1)C(=O)NNC(=O)Cc1csc(-c2ccsc2)n1. The number of hydrazine groups is 1. The first-order valence-electron chi connectivity index (χ1n) is 9.29. The summed E-state index contributed by atoms with van der Waals surface area (Å²) in [7, 11) is 0. The lowest BCUT2D eigenvalue weighted by molar-refractivity contribution is -0.132. The molecular weight excluding hydrogens is 418 g/mol. The minimum atomic E-state index is -0.768. The molecule has 0 saturated heterocycles. The molecule has 0 bridgehead atoms. The van der Waals surface area contributed by atoms with E-state index in [-0.39, 0.29) is 12.3 Å². The lowest BCUT2D eigenvalue weighted by atomic mass is 10.1. The summed E-state index contributed by atoms with van der Waals surface area (Å²) in [4.78, 5) is 28.9. The van der Waals surface area contributed by atoms with Crippen molar-refractivity contribution < 1.29 is 14.3 Å². The molecular formula is C22H19N3O3S2. The molecule has 30 heavy (non-hydrogen) atoms. The number of rotatable bonds is 6. The lowest BCUT2D eigenvalue weighted by Crippen LogP contribution is -2.47. The van der Waals surface area contributed by atoms with E-state index in [1.165, 1.54) is 11.3 Å². The van der Waals surface area contributed by atoms with Gasteiger partial charge in [-0.05, 0) is 41.3 Å². The van der Waals surface area contributed by atoms with Gasteiger partial charge in [-0.1, -0.05) is 30.3 Å². The topological polar surface area (TPSA) is 80.3 Å². The van der Waals surface area contributed by atoms with Crippen molar-refractivity contribution in [1.29, 1.82) is 0 Å². The summed E-state index contributed by atoms with van der Waals surface area (Å²) in [6.07, 6.45) is -0.684. The first-order chi connectivity index (χ1) is 14.6. The summed E-state index contributed by atoms with van der Waals surface area (Å²) in [6.45, 7) is 1.63. The van der Waals surface area contributed by atoms with Gasteiger partial charge in [-0.2, -0.15) is 11.3 Å². The third-order valence-corrected chi connectivity index (χ3v) is 6.01. The minimum Gasteiger partial charge on any atom is -0.481 e. The van der Waals surface area contributed by atoms with E-state index >= 15 is 0 Å². The van der Waals surface area contributed by atoms with E-state index in [1.807, 2.05) is 64.7 Å². The zero-order valence-corrected chi connectivity index (χ0v) is 17.8. The monoisotopic (exact) mass is 437 g/mol. The molecule has 0 fully saturated rings. The predicted octanol–water partition coefficient (Wildman–Crippen LogP) is 4.18. The molecule has 1 unspecified atom stereocenters. The molecule has 2 heterocycles. The Labute approximate surface area is 181 Å². The molecule has 6 nitrogen and oxygen atoms in total. The number of aromatic nitrogens is 1. The number of thiazole rings is 1. The molecule has 2 N–H and O–H groups in total. The van der Waals surface area contributed by atoms with E-state index in [4.69, 9.17) is 4.74 Å². The first kappa shape index (κ1) is 20.1. The van der Waals surface area contributed by atoms with Gasteiger partial charge in [-0.3, -0.25) is 20.4 Å². The largest absolute Gasteiger partial charge is 0.481 e. The van der Waals surface area contributed by atoms with Crippen molar-refractivity contribution in [2.24, 2.45) is 0 Å². The summed E-state index contributed by atoms with van der Waals surface area (Å²) in [6, 6.07) is 15.5. The summed E-state index contributed by atoms with van der Waals surface area (Å²) in [5.41, 5.74) is 6.53. The molecule has 1 atom stereocenters. The van der Waals surface area contributed by atoms with Crippen LogP contribution in [0.1, 0.15) is 12.6 Å². The Morgan fingerprint density at radius 1 is 1.07 bits per heavy atom. The van der Waals surface area contributed by atoms with Crippen LogP contribution in [0, 0.1) is 0 Å². The van der Waals surface area contributed by atoms with Crippen molar-refractivity contribution in [3.63, 3.8) is 0 Å². The van der Waals surface area contributed by atoms with Crippen molar-refractivity contribution in [3.05, 3.63) is 70.4 Å². The number of fused-ring (bicyclic) bond motifs is 1. The highest BCUT2D eigenvalue weighted by Gasteiger charge is 2.16. The third-order valence-electron chi connectivity index (χ3n) is 4.39. The fourth-order valence-corrected chi connectivity index (χ4v) is 4.38. The second-order valence-corrected chi connectivity index (χ2v) is 8.28. The molecule has 0 aliphatic carbocycles. The quantitative estimate of drug-likeness (QED) is 0.444. The van der Waals surface area contributed by atoms with E-state index < -0.39 is 12.0 Å². The number of carbonyl (C=O) groups is 2.